The summed E-state index contributed by atoms with van der Waals surface area (Å²) < 4.78 is 0. The van der Waals surface area contributed by atoms with E-state index in [0.29, 0.717) is 12.1 Å². The standard InChI is InChI=1S/C25H43N5O/c1-6-29(5)18-25(16-27-17-25)19-30(14-22-11-7-8-12-23(22)15-31)21(4)10-9-13-24(26)28-20(2)3/h6-8,11-13,20-21,27-28,31H,1,9-10,14-19,26H2,2-5H3/b24-13+/t21-/m1/s1. The summed E-state index contributed by atoms with van der Waals surface area (Å²) in [4.78, 5) is 4.76. The van der Waals surface area contributed by atoms with Crippen molar-refractivity contribution in [2.75, 3.05) is 33.2 Å². The van der Waals surface area contributed by atoms with Crippen LogP contribution in [0.2, 0.25) is 0 Å². The topological polar surface area (TPSA) is 76.8 Å². The van der Waals surface area contributed by atoms with Crippen LogP contribution in [-0.2, 0) is 13.2 Å². The van der Waals surface area contributed by atoms with Crippen molar-refractivity contribution in [3.05, 3.63) is 60.1 Å². The highest BCUT2D eigenvalue weighted by Crippen LogP contribution is 2.28. The van der Waals surface area contributed by atoms with Gasteiger partial charge >= 0.3 is 0 Å². The Hall–Kier alpha value is -2.02. The first-order valence-corrected chi connectivity index (χ1v) is 11.5. The molecule has 0 saturated carbocycles. The molecule has 1 aromatic carbocycles. The highest BCUT2D eigenvalue weighted by molar-refractivity contribution is 5.26. The third kappa shape index (κ3) is 7.87. The molecular weight excluding hydrogens is 386 g/mol. The fourth-order valence-electron chi connectivity index (χ4n) is 4.28. The predicted octanol–water partition coefficient (Wildman–Crippen LogP) is 2.61. The minimum absolute atomic E-state index is 0.0738. The summed E-state index contributed by atoms with van der Waals surface area (Å²) in [5.41, 5.74) is 8.50. The van der Waals surface area contributed by atoms with E-state index in [9.17, 15) is 5.11 Å². The summed E-state index contributed by atoms with van der Waals surface area (Å²) >= 11 is 0. The van der Waals surface area contributed by atoms with Crippen LogP contribution < -0.4 is 16.4 Å². The molecule has 1 fully saturated rings. The minimum Gasteiger partial charge on any atom is -0.392 e. The lowest BCUT2D eigenvalue weighted by Gasteiger charge is -2.48. The van der Waals surface area contributed by atoms with Crippen molar-refractivity contribution in [2.45, 2.75) is 58.8 Å². The second-order valence-corrected chi connectivity index (χ2v) is 9.42. The maximum absolute atomic E-state index is 9.81. The van der Waals surface area contributed by atoms with Crippen molar-refractivity contribution in [1.82, 2.24) is 20.4 Å². The number of rotatable bonds is 14. The van der Waals surface area contributed by atoms with Crippen molar-refractivity contribution in [3.63, 3.8) is 0 Å². The molecule has 1 aromatic rings. The Labute approximate surface area is 189 Å². The van der Waals surface area contributed by atoms with Crippen LogP contribution in [-0.4, -0.2) is 60.2 Å². The van der Waals surface area contributed by atoms with E-state index in [2.05, 4.69) is 73.0 Å². The molecule has 0 radical (unpaired) electrons. The van der Waals surface area contributed by atoms with Crippen molar-refractivity contribution >= 4 is 0 Å². The normalized spacial score (nSPS) is 16.8. The first-order valence-electron chi connectivity index (χ1n) is 11.5. The third-order valence-corrected chi connectivity index (χ3v) is 6.12. The Kier molecular flexibility index (Phi) is 9.88. The molecule has 174 valence electrons. The Morgan fingerprint density at radius 2 is 1.94 bits per heavy atom. The molecule has 0 aliphatic carbocycles. The van der Waals surface area contributed by atoms with Gasteiger partial charge in [-0.2, -0.15) is 0 Å². The zero-order valence-corrected chi connectivity index (χ0v) is 19.9. The number of allylic oxidation sites excluding steroid dienone is 1. The quantitative estimate of drug-likeness (QED) is 0.364. The number of aliphatic hydroxyl groups excluding tert-OH is 1. The first kappa shape index (κ1) is 25.2. The van der Waals surface area contributed by atoms with Gasteiger partial charge in [0.2, 0.25) is 0 Å². The minimum atomic E-state index is 0.0738. The Morgan fingerprint density at radius 1 is 1.26 bits per heavy atom. The summed E-state index contributed by atoms with van der Waals surface area (Å²) in [5, 5.41) is 16.5. The van der Waals surface area contributed by atoms with E-state index in [0.717, 1.165) is 56.9 Å². The summed E-state index contributed by atoms with van der Waals surface area (Å²) in [7, 11) is 2.09. The second kappa shape index (κ2) is 12.1. The molecule has 1 heterocycles. The zero-order chi connectivity index (χ0) is 22.9. The molecule has 0 spiro atoms. The maximum atomic E-state index is 9.81. The van der Waals surface area contributed by atoms with Crippen LogP contribution in [0.15, 0.2) is 48.9 Å². The largest absolute Gasteiger partial charge is 0.392 e. The summed E-state index contributed by atoms with van der Waals surface area (Å²) in [6, 6.07) is 8.94. The van der Waals surface area contributed by atoms with Gasteiger partial charge in [-0.3, -0.25) is 4.90 Å². The van der Waals surface area contributed by atoms with E-state index in [1.807, 2.05) is 18.3 Å². The molecule has 1 atom stereocenters. The predicted molar refractivity (Wildman–Crippen MR) is 130 cm³/mol. The SMILES string of the molecule is C=CN(C)CC1(CN(Cc2ccccc2CO)[C@H](C)CC/C=C(\N)NC(C)C)CNC1. The van der Waals surface area contributed by atoms with Gasteiger partial charge in [-0.05, 0) is 57.0 Å². The van der Waals surface area contributed by atoms with Gasteiger partial charge in [-0.25, -0.2) is 0 Å². The average Bonchev–Trinajstić information content (AvgIpc) is 2.70. The fraction of sp³-hybridized carbons (Fsp3) is 0.600. The molecule has 1 aliphatic rings. The van der Waals surface area contributed by atoms with E-state index in [1.165, 1.54) is 5.56 Å². The molecular formula is C25H43N5O. The Balaban J connectivity index is 2.13. The highest BCUT2D eigenvalue weighted by Gasteiger charge is 2.40. The van der Waals surface area contributed by atoms with Crippen LogP contribution in [0.4, 0.5) is 0 Å². The van der Waals surface area contributed by atoms with Gasteiger partial charge in [-0.15, -0.1) is 0 Å². The molecule has 1 saturated heterocycles. The number of benzene rings is 1. The van der Waals surface area contributed by atoms with E-state index in [1.54, 1.807) is 0 Å². The number of aliphatic hydroxyl groups is 1. The molecule has 0 amide bonds. The van der Waals surface area contributed by atoms with Gasteiger partial charge in [0.15, 0.2) is 0 Å². The van der Waals surface area contributed by atoms with Crippen molar-refractivity contribution in [1.29, 1.82) is 0 Å². The van der Waals surface area contributed by atoms with Crippen LogP contribution in [0.5, 0.6) is 0 Å². The van der Waals surface area contributed by atoms with E-state index >= 15 is 0 Å². The smallest absolute Gasteiger partial charge is 0.0920 e. The summed E-state index contributed by atoms with van der Waals surface area (Å²) in [5.74, 6) is 0.756. The zero-order valence-electron chi connectivity index (χ0n) is 19.9. The molecule has 0 aromatic heterocycles. The second-order valence-electron chi connectivity index (χ2n) is 9.42. The van der Waals surface area contributed by atoms with E-state index in [4.69, 9.17) is 5.73 Å². The third-order valence-electron chi connectivity index (χ3n) is 6.12. The van der Waals surface area contributed by atoms with Crippen LogP contribution in [0, 0.1) is 5.41 Å². The number of hydrogen-bond donors (Lipinski definition) is 4. The fourth-order valence-corrected chi connectivity index (χ4v) is 4.28. The summed E-state index contributed by atoms with van der Waals surface area (Å²) in [6.45, 7) is 15.3. The lowest BCUT2D eigenvalue weighted by atomic mass is 9.80. The molecule has 0 unspecified atom stereocenters. The molecule has 0 bridgehead atoms. The maximum Gasteiger partial charge on any atom is 0.0920 e. The van der Waals surface area contributed by atoms with Crippen LogP contribution in [0.1, 0.15) is 44.7 Å². The van der Waals surface area contributed by atoms with Gasteiger partial charge in [-0.1, -0.05) is 30.8 Å². The highest BCUT2D eigenvalue weighted by atomic mass is 16.3. The summed E-state index contributed by atoms with van der Waals surface area (Å²) in [6.07, 6.45) is 5.97. The van der Waals surface area contributed by atoms with Crippen molar-refractivity contribution in [2.24, 2.45) is 11.1 Å². The van der Waals surface area contributed by atoms with Gasteiger partial charge in [0.25, 0.3) is 0 Å². The van der Waals surface area contributed by atoms with Gasteiger partial charge in [0.1, 0.15) is 0 Å². The molecule has 1 aliphatic heterocycles. The van der Waals surface area contributed by atoms with Gasteiger partial charge < -0.3 is 26.4 Å². The van der Waals surface area contributed by atoms with E-state index < -0.39 is 0 Å². The van der Waals surface area contributed by atoms with Crippen LogP contribution >= 0.6 is 0 Å². The van der Waals surface area contributed by atoms with Crippen LogP contribution in [0.3, 0.4) is 0 Å². The van der Waals surface area contributed by atoms with Crippen molar-refractivity contribution in [3.8, 4) is 0 Å². The van der Waals surface area contributed by atoms with Gasteiger partial charge in [0.05, 0.1) is 12.4 Å². The number of hydrogen-bond acceptors (Lipinski definition) is 6. The van der Waals surface area contributed by atoms with Gasteiger partial charge in [0, 0.05) is 57.3 Å². The van der Waals surface area contributed by atoms with Crippen LogP contribution in [0.25, 0.3) is 0 Å². The number of nitrogens with two attached hydrogens (primary N) is 1. The van der Waals surface area contributed by atoms with Crippen molar-refractivity contribution < 1.29 is 5.11 Å². The average molecular weight is 430 g/mol. The molecule has 6 nitrogen and oxygen atoms in total. The lowest BCUT2D eigenvalue weighted by Crippen LogP contribution is -2.63. The number of nitrogens with one attached hydrogen (secondary N) is 2. The Bertz CT molecular complexity index is 714. The van der Waals surface area contributed by atoms with E-state index in [-0.39, 0.29) is 12.0 Å². The molecule has 2 rings (SSSR count). The lowest BCUT2D eigenvalue weighted by molar-refractivity contribution is 0.0432. The monoisotopic (exact) mass is 429 g/mol. The first-order chi connectivity index (χ1) is 14.8. The molecule has 5 N–H and O–H groups in total. The Morgan fingerprint density at radius 3 is 2.48 bits per heavy atom. The number of nitrogens with zero attached hydrogens (tertiary/aromatic N) is 2. The molecule has 6 heteroatoms. The molecule has 31 heavy (non-hydrogen) atoms.